The quantitative estimate of drug-likeness (QED) is 0.664. The number of hydrogen-bond donors (Lipinski definition) is 1. The van der Waals surface area contributed by atoms with Crippen molar-refractivity contribution in [2.75, 3.05) is 31.6 Å². The van der Waals surface area contributed by atoms with Gasteiger partial charge in [-0.2, -0.15) is 4.31 Å². The summed E-state index contributed by atoms with van der Waals surface area (Å²) < 4.78 is 39.0. The lowest BCUT2D eigenvalue weighted by Crippen LogP contribution is -2.28. The molecule has 0 atom stereocenters. The van der Waals surface area contributed by atoms with Crippen molar-refractivity contribution in [2.24, 2.45) is 0 Å². The van der Waals surface area contributed by atoms with Crippen LogP contribution in [0, 0.1) is 0 Å². The van der Waals surface area contributed by atoms with Gasteiger partial charge in [0.2, 0.25) is 5.91 Å². The average molecular weight is 423 g/mol. The normalized spacial score (nSPS) is 14.7. The van der Waals surface area contributed by atoms with E-state index in [1.165, 1.54) is 21.4 Å². The minimum Gasteiger partial charge on any atom is -0.494 e. The van der Waals surface area contributed by atoms with Gasteiger partial charge >= 0.3 is 0 Å². The summed E-state index contributed by atoms with van der Waals surface area (Å²) in [4.78, 5) is 16.5. The smallest absolute Gasteiger partial charge is 0.262 e. The third-order valence-electron chi connectivity index (χ3n) is 4.44. The Balaban J connectivity index is 1.70. The van der Waals surface area contributed by atoms with Crippen molar-refractivity contribution in [3.8, 4) is 11.5 Å². The van der Waals surface area contributed by atoms with Gasteiger partial charge in [0, 0.05) is 25.4 Å². The maximum absolute atomic E-state index is 12.6. The summed E-state index contributed by atoms with van der Waals surface area (Å²) in [6.45, 7) is 5.63. The first kappa shape index (κ1) is 21.1. The molecular weight excluding hydrogens is 396 g/mol. The molecule has 0 radical (unpaired) electrons. The second-order valence-corrected chi connectivity index (χ2v) is 8.45. The minimum absolute atomic E-state index is 0.0412. The number of nitrogens with one attached hydrogen (secondary N) is 1. The lowest BCUT2D eigenvalue weighted by atomic mass is 10.2. The number of ether oxygens (including phenoxy) is 2. The first-order chi connectivity index (χ1) is 13.9. The lowest BCUT2D eigenvalue weighted by molar-refractivity contribution is -0.116. The van der Waals surface area contributed by atoms with Gasteiger partial charge < -0.3 is 19.4 Å². The van der Waals surface area contributed by atoms with E-state index in [0.717, 1.165) is 12.8 Å². The van der Waals surface area contributed by atoms with Crippen LogP contribution in [-0.2, 0) is 21.4 Å². The van der Waals surface area contributed by atoms with E-state index in [1.807, 2.05) is 13.8 Å². The van der Waals surface area contributed by atoms with E-state index < -0.39 is 10.0 Å². The third kappa shape index (κ3) is 5.07. The first-order valence-corrected chi connectivity index (χ1v) is 11.1. The van der Waals surface area contributed by atoms with Crippen LogP contribution >= 0.6 is 0 Å². The highest BCUT2D eigenvalue weighted by atomic mass is 32.2. The van der Waals surface area contributed by atoms with Gasteiger partial charge in [0.25, 0.3) is 10.0 Å². The summed E-state index contributed by atoms with van der Waals surface area (Å²) in [5, 5.41) is 2.75. The van der Waals surface area contributed by atoms with E-state index in [1.54, 1.807) is 18.2 Å². The van der Waals surface area contributed by atoms with E-state index in [9.17, 15) is 13.2 Å². The first-order valence-electron chi connectivity index (χ1n) is 9.65. The Bertz CT molecular complexity index is 951. The Hall–Kier alpha value is -2.59. The van der Waals surface area contributed by atoms with Crippen molar-refractivity contribution in [1.29, 1.82) is 0 Å². The number of rotatable bonds is 9. The molecule has 1 aliphatic rings. The molecule has 2 aromatic rings. The molecule has 9 nitrogen and oxygen atoms in total. The molecule has 0 saturated carbocycles. The summed E-state index contributed by atoms with van der Waals surface area (Å²) in [6.07, 6.45) is 4.44. The van der Waals surface area contributed by atoms with Crippen molar-refractivity contribution in [2.45, 2.75) is 38.3 Å². The van der Waals surface area contributed by atoms with Crippen molar-refractivity contribution in [1.82, 2.24) is 13.9 Å². The Morgan fingerprint density at radius 1 is 1.17 bits per heavy atom. The number of carbonyl (C=O) groups is 1. The fourth-order valence-corrected chi connectivity index (χ4v) is 4.57. The van der Waals surface area contributed by atoms with Crippen LogP contribution in [0.15, 0.2) is 35.7 Å². The standard InChI is InChI=1S/C19H26N4O5S/c1-3-27-15-7-8-17(28-4-2)16(11-15)21-18(24)12-22-13-19(20-14-22)29(25,26)23-9-5-6-10-23/h7-8,11,13-14H,3-6,9-10,12H2,1-2H3,(H,21,24). The Kier molecular flexibility index (Phi) is 6.75. The predicted molar refractivity (Wildman–Crippen MR) is 108 cm³/mol. The summed E-state index contributed by atoms with van der Waals surface area (Å²) in [7, 11) is -3.61. The summed E-state index contributed by atoms with van der Waals surface area (Å²) >= 11 is 0. The number of carbonyl (C=O) groups excluding carboxylic acids is 1. The number of sulfonamides is 1. The third-order valence-corrected chi connectivity index (χ3v) is 6.23. The highest BCUT2D eigenvalue weighted by molar-refractivity contribution is 7.89. The van der Waals surface area contributed by atoms with Crippen molar-refractivity contribution >= 4 is 21.6 Å². The lowest BCUT2D eigenvalue weighted by Gasteiger charge is -2.14. The maximum atomic E-state index is 12.6. The molecule has 1 saturated heterocycles. The van der Waals surface area contributed by atoms with Crippen molar-refractivity contribution in [3.63, 3.8) is 0 Å². The number of benzene rings is 1. The van der Waals surface area contributed by atoms with E-state index >= 15 is 0 Å². The van der Waals surface area contributed by atoms with Gasteiger partial charge in [0.05, 0.1) is 25.2 Å². The fraction of sp³-hybridized carbons (Fsp3) is 0.474. The molecule has 1 amide bonds. The highest BCUT2D eigenvalue weighted by Crippen LogP contribution is 2.29. The predicted octanol–water partition coefficient (Wildman–Crippen LogP) is 2.10. The molecule has 1 aliphatic heterocycles. The van der Waals surface area contributed by atoms with Crippen molar-refractivity contribution < 1.29 is 22.7 Å². The molecule has 0 spiro atoms. The van der Waals surface area contributed by atoms with Crippen molar-refractivity contribution in [3.05, 3.63) is 30.7 Å². The monoisotopic (exact) mass is 422 g/mol. The molecule has 3 rings (SSSR count). The van der Waals surface area contributed by atoms with Crippen LogP contribution < -0.4 is 14.8 Å². The van der Waals surface area contributed by atoms with Crippen LogP contribution in [0.3, 0.4) is 0 Å². The SMILES string of the molecule is CCOc1ccc(OCC)c(NC(=O)Cn2cnc(S(=O)(=O)N3CCCC3)c2)c1. The highest BCUT2D eigenvalue weighted by Gasteiger charge is 2.29. The van der Waals surface area contributed by atoms with Crippen LogP contribution in [0.1, 0.15) is 26.7 Å². The van der Waals surface area contributed by atoms with E-state index in [-0.39, 0.29) is 17.5 Å². The minimum atomic E-state index is -3.61. The molecule has 1 fully saturated rings. The largest absolute Gasteiger partial charge is 0.494 e. The van der Waals surface area contributed by atoms with Crippen LogP contribution in [0.25, 0.3) is 0 Å². The number of amides is 1. The molecule has 0 unspecified atom stereocenters. The van der Waals surface area contributed by atoms with E-state index in [0.29, 0.717) is 43.5 Å². The fourth-order valence-electron chi connectivity index (χ4n) is 3.12. The number of hydrogen-bond acceptors (Lipinski definition) is 6. The zero-order valence-corrected chi connectivity index (χ0v) is 17.4. The van der Waals surface area contributed by atoms with E-state index in [4.69, 9.17) is 9.47 Å². The van der Waals surface area contributed by atoms with Gasteiger partial charge in [-0.3, -0.25) is 4.79 Å². The molecule has 158 valence electrons. The molecule has 0 aliphatic carbocycles. The molecule has 1 N–H and O–H groups in total. The summed E-state index contributed by atoms with van der Waals surface area (Å²) in [6, 6.07) is 5.21. The number of nitrogens with zero attached hydrogens (tertiary/aromatic N) is 3. The van der Waals surface area contributed by atoms with Gasteiger partial charge in [-0.15, -0.1) is 0 Å². The van der Waals surface area contributed by atoms with Crippen LogP contribution in [-0.4, -0.2) is 54.5 Å². The number of imidazole rings is 1. The second-order valence-electron chi connectivity index (χ2n) is 6.57. The molecule has 1 aromatic carbocycles. The zero-order valence-electron chi connectivity index (χ0n) is 16.6. The second kappa shape index (κ2) is 9.27. The van der Waals surface area contributed by atoms with Crippen LogP contribution in [0.4, 0.5) is 5.69 Å². The molecule has 29 heavy (non-hydrogen) atoms. The average Bonchev–Trinajstić information content (AvgIpc) is 3.37. The Morgan fingerprint density at radius 2 is 1.90 bits per heavy atom. The molecule has 0 bridgehead atoms. The molecule has 10 heteroatoms. The Morgan fingerprint density at radius 3 is 2.59 bits per heavy atom. The molecule has 2 heterocycles. The summed E-state index contributed by atoms with van der Waals surface area (Å²) in [5.74, 6) is 0.822. The van der Waals surface area contributed by atoms with Crippen LogP contribution in [0.5, 0.6) is 11.5 Å². The van der Waals surface area contributed by atoms with Gasteiger partial charge in [-0.25, -0.2) is 13.4 Å². The molecule has 1 aromatic heterocycles. The maximum Gasteiger partial charge on any atom is 0.262 e. The van der Waals surface area contributed by atoms with E-state index in [2.05, 4.69) is 10.3 Å². The number of aromatic nitrogens is 2. The van der Waals surface area contributed by atoms with Gasteiger partial charge in [0.1, 0.15) is 18.0 Å². The zero-order chi connectivity index (χ0) is 20.9. The summed E-state index contributed by atoms with van der Waals surface area (Å²) in [5.41, 5.74) is 0.493. The van der Waals surface area contributed by atoms with Gasteiger partial charge in [0.15, 0.2) is 5.03 Å². The molecular formula is C19H26N4O5S. The topological polar surface area (TPSA) is 103 Å². The number of anilines is 1. The Labute approximate surface area is 170 Å². The van der Waals surface area contributed by atoms with Gasteiger partial charge in [-0.05, 0) is 38.8 Å². The van der Waals surface area contributed by atoms with Crippen LogP contribution in [0.2, 0.25) is 0 Å². The van der Waals surface area contributed by atoms with Gasteiger partial charge in [-0.1, -0.05) is 0 Å².